The zero-order valence-corrected chi connectivity index (χ0v) is 28.8. The Kier molecular flexibility index (Phi) is 16.3. The number of hydrogen-bond donors (Lipinski definition) is 1. The van der Waals surface area contributed by atoms with Crippen LogP contribution in [0.25, 0.3) is 0 Å². The summed E-state index contributed by atoms with van der Waals surface area (Å²) in [5, 5.41) is 13.4. The molecule has 1 saturated heterocycles. The second kappa shape index (κ2) is 20.3. The van der Waals surface area contributed by atoms with Crippen molar-refractivity contribution in [1.82, 2.24) is 19.7 Å². The number of aromatic carboxylic acids is 1. The lowest BCUT2D eigenvalue weighted by Gasteiger charge is -2.32. The minimum absolute atomic E-state index is 0.0556. The summed E-state index contributed by atoms with van der Waals surface area (Å²) < 4.78 is 42.1. The highest BCUT2D eigenvalue weighted by Gasteiger charge is 2.25. The summed E-state index contributed by atoms with van der Waals surface area (Å²) in [5.41, 5.74) is 2.69. The number of likely N-dealkylation sites (tertiary alicyclic amines) is 1. The number of carbonyl (C=O) groups is 2. The number of amides is 1. The first-order valence-corrected chi connectivity index (χ1v) is 16.6. The molecule has 1 atom stereocenters. The van der Waals surface area contributed by atoms with Crippen LogP contribution in [-0.4, -0.2) is 64.0 Å². The van der Waals surface area contributed by atoms with Gasteiger partial charge in [-0.3, -0.25) is 18.9 Å². The fourth-order valence-corrected chi connectivity index (χ4v) is 5.77. The summed E-state index contributed by atoms with van der Waals surface area (Å²) in [6.45, 7) is 4.57. The molecule has 264 valence electrons. The summed E-state index contributed by atoms with van der Waals surface area (Å²) in [6.07, 6.45) is 12.1. The zero-order valence-electron chi connectivity index (χ0n) is 28.1. The molecule has 2 aliphatic rings. The van der Waals surface area contributed by atoms with E-state index in [9.17, 15) is 22.8 Å². The first-order valence-electron chi connectivity index (χ1n) is 16.2. The number of benzene rings is 1. The van der Waals surface area contributed by atoms with Crippen molar-refractivity contribution < 1.29 is 32.6 Å². The third-order valence-electron chi connectivity index (χ3n) is 8.19. The van der Waals surface area contributed by atoms with Gasteiger partial charge in [0.05, 0.1) is 37.9 Å². The summed E-state index contributed by atoms with van der Waals surface area (Å²) in [4.78, 5) is 29.6. The van der Waals surface area contributed by atoms with Gasteiger partial charge in [-0.2, -0.15) is 5.10 Å². The van der Waals surface area contributed by atoms with Gasteiger partial charge in [-0.15, -0.1) is 0 Å². The number of nitrogens with zero attached hydrogens (tertiary/aromatic N) is 4. The largest absolute Gasteiger partial charge is 0.478 e. The van der Waals surface area contributed by atoms with Gasteiger partial charge in [0.2, 0.25) is 5.91 Å². The molecule has 1 aliphatic heterocycles. The van der Waals surface area contributed by atoms with Crippen molar-refractivity contribution in [3.8, 4) is 0 Å². The van der Waals surface area contributed by atoms with E-state index >= 15 is 0 Å². The van der Waals surface area contributed by atoms with Gasteiger partial charge in [0, 0.05) is 37.6 Å². The monoisotopic (exact) mass is 700 g/mol. The first kappa shape index (κ1) is 39.2. The molecule has 1 aromatic carbocycles. The average molecular weight is 701 g/mol. The highest BCUT2D eigenvalue weighted by atomic mass is 35.5. The van der Waals surface area contributed by atoms with Crippen LogP contribution in [0.4, 0.5) is 13.2 Å². The molecule has 8 nitrogen and oxygen atoms in total. The van der Waals surface area contributed by atoms with Gasteiger partial charge in [0.15, 0.2) is 0 Å². The minimum Gasteiger partial charge on any atom is -0.478 e. The smallest absolute Gasteiger partial charge is 0.339 e. The van der Waals surface area contributed by atoms with Gasteiger partial charge >= 0.3 is 5.97 Å². The Hall–Kier alpha value is -4.22. The number of carbonyl (C=O) groups excluding carboxylic acids is 1. The lowest BCUT2D eigenvalue weighted by molar-refractivity contribution is -0.132. The van der Waals surface area contributed by atoms with Crippen molar-refractivity contribution in [3.63, 3.8) is 0 Å². The van der Waals surface area contributed by atoms with Crippen molar-refractivity contribution in [2.45, 2.75) is 70.4 Å². The van der Waals surface area contributed by atoms with Crippen molar-refractivity contribution in [2.75, 3.05) is 27.4 Å². The molecular formula is C37H44ClF3N4O4. The molecular weight excluding hydrogens is 657 g/mol. The maximum absolute atomic E-state index is 13.3. The number of unbranched alkanes of at least 4 members (excludes halogenated alkanes) is 1. The number of pyridine rings is 1. The number of carboxylic acid groups (broad SMARTS) is 1. The van der Waals surface area contributed by atoms with Crippen LogP contribution in [0.3, 0.4) is 0 Å². The standard InChI is InChI=1S/C18H14ClF2N3O2.C18H27NO2.CH3F/c19-12-4-1-3-11(7-8-12)15-6-2-5-13(23-15)10-24-16(17(20)21)14(9-22-24)18(25)26;1-3-4-5-18(20)19-12-10-17(11-13-19)16-8-6-15(7-9-16)14-21-2;1-2/h1-9,11,17H,10H2,(H,25,26);6-9,17H,3-5,10-14H2,1-2H3;1H3. The van der Waals surface area contributed by atoms with Crippen molar-refractivity contribution in [1.29, 1.82) is 0 Å². The number of piperidine rings is 1. The number of rotatable bonds is 11. The summed E-state index contributed by atoms with van der Waals surface area (Å²) >= 11 is 5.96. The van der Waals surface area contributed by atoms with E-state index in [2.05, 4.69) is 41.3 Å². The van der Waals surface area contributed by atoms with Crippen molar-refractivity contribution in [3.05, 3.63) is 118 Å². The van der Waals surface area contributed by atoms with E-state index < -0.39 is 23.7 Å². The Morgan fingerprint density at radius 3 is 2.43 bits per heavy atom. The zero-order chi connectivity index (χ0) is 35.8. The van der Waals surface area contributed by atoms with Gasteiger partial charge < -0.3 is 14.7 Å². The molecule has 1 aliphatic carbocycles. The maximum Gasteiger partial charge on any atom is 0.339 e. The molecule has 5 rings (SSSR count). The van der Waals surface area contributed by atoms with E-state index in [0.717, 1.165) is 55.3 Å². The molecule has 0 saturated carbocycles. The highest BCUT2D eigenvalue weighted by Crippen LogP contribution is 2.29. The Balaban J connectivity index is 0.000000258. The third-order valence-corrected chi connectivity index (χ3v) is 8.44. The van der Waals surface area contributed by atoms with E-state index in [1.54, 1.807) is 31.4 Å². The number of alkyl halides is 3. The predicted molar refractivity (Wildman–Crippen MR) is 185 cm³/mol. The molecule has 49 heavy (non-hydrogen) atoms. The van der Waals surface area contributed by atoms with Crippen molar-refractivity contribution in [2.24, 2.45) is 0 Å². The molecule has 1 unspecified atom stereocenters. The summed E-state index contributed by atoms with van der Waals surface area (Å²) in [6, 6.07) is 14.0. The van der Waals surface area contributed by atoms with E-state index in [4.69, 9.17) is 21.4 Å². The minimum atomic E-state index is -2.95. The Labute approximate surface area is 290 Å². The number of allylic oxidation sites excluding steroid dienone is 6. The first-order chi connectivity index (χ1) is 23.7. The maximum atomic E-state index is 13.3. The average Bonchev–Trinajstić information content (AvgIpc) is 3.42. The molecule has 1 amide bonds. The lowest BCUT2D eigenvalue weighted by Crippen LogP contribution is -2.37. The Bertz CT molecular complexity index is 1580. The van der Waals surface area contributed by atoms with Crippen LogP contribution in [0.15, 0.2) is 84.1 Å². The van der Waals surface area contributed by atoms with Crippen LogP contribution in [0, 0.1) is 0 Å². The van der Waals surface area contributed by atoms with Gasteiger partial charge in [-0.25, -0.2) is 13.6 Å². The fraction of sp³-hybridized carbons (Fsp3) is 0.405. The van der Waals surface area contributed by atoms with Gasteiger partial charge in [-0.1, -0.05) is 73.5 Å². The molecule has 3 aromatic rings. The highest BCUT2D eigenvalue weighted by molar-refractivity contribution is 6.31. The quantitative estimate of drug-likeness (QED) is 0.215. The molecule has 0 bridgehead atoms. The topological polar surface area (TPSA) is 97.5 Å². The van der Waals surface area contributed by atoms with Gasteiger partial charge in [-0.05, 0) is 60.6 Å². The van der Waals surface area contributed by atoms with Gasteiger partial charge in [0.25, 0.3) is 6.43 Å². The second-order valence-corrected chi connectivity index (χ2v) is 12.0. The predicted octanol–water partition coefficient (Wildman–Crippen LogP) is 8.61. The Morgan fingerprint density at radius 1 is 1.08 bits per heavy atom. The number of ether oxygens (including phenoxy) is 1. The molecule has 0 spiro atoms. The van der Waals surface area contributed by atoms with Gasteiger partial charge in [0.1, 0.15) is 11.3 Å². The number of hydrogen-bond acceptors (Lipinski definition) is 5. The van der Waals surface area contributed by atoms with E-state index in [0.29, 0.717) is 42.8 Å². The van der Waals surface area contributed by atoms with Crippen LogP contribution >= 0.6 is 11.6 Å². The van der Waals surface area contributed by atoms with E-state index in [-0.39, 0.29) is 12.5 Å². The van der Waals surface area contributed by atoms with E-state index in [1.165, 1.54) is 11.1 Å². The number of aromatic nitrogens is 3. The summed E-state index contributed by atoms with van der Waals surface area (Å²) in [5.74, 6) is -0.613. The van der Waals surface area contributed by atoms with E-state index in [1.807, 2.05) is 29.2 Å². The third kappa shape index (κ3) is 11.7. The molecule has 0 radical (unpaired) electrons. The number of carboxylic acids is 1. The van der Waals surface area contributed by atoms with Crippen LogP contribution in [0.1, 0.15) is 95.9 Å². The SMILES string of the molecule is CCCCC(=O)N1CCC(c2ccc(COC)cc2)CC1.CF.O=C(O)c1cnn(Cc2cccc(C3C=CC=C(Cl)C=C3)n2)c1C(F)F. The Morgan fingerprint density at radius 2 is 1.80 bits per heavy atom. The van der Waals surface area contributed by atoms with Crippen molar-refractivity contribution >= 4 is 23.5 Å². The van der Waals surface area contributed by atoms with Crippen LogP contribution in [-0.2, 0) is 22.7 Å². The molecule has 3 heterocycles. The normalized spacial score (nSPS) is 15.9. The molecule has 12 heteroatoms. The molecule has 1 N–H and O–H groups in total. The number of methoxy groups -OCH3 is 1. The fourth-order valence-electron chi connectivity index (χ4n) is 5.62. The molecule has 1 fully saturated rings. The lowest BCUT2D eigenvalue weighted by atomic mass is 9.89. The van der Waals surface area contributed by atoms with Crippen LogP contribution in [0.2, 0.25) is 0 Å². The molecule has 2 aromatic heterocycles. The number of halogens is 4. The second-order valence-electron chi connectivity index (χ2n) is 11.5. The van der Waals surface area contributed by atoms with Crippen LogP contribution < -0.4 is 0 Å². The van der Waals surface area contributed by atoms with Crippen LogP contribution in [0.5, 0.6) is 0 Å². The summed E-state index contributed by atoms with van der Waals surface area (Å²) in [7, 11) is 2.22.